The van der Waals surface area contributed by atoms with E-state index in [-0.39, 0.29) is 6.61 Å². The standard InChI is InChI=1S/C24H22ClN3O/c1-17(26-11-12-29)19-6-3-7-20(14-19)22-9-4-10-24-23(22)16-28(27-24)15-18-5-2-8-21(25)13-18/h2-10,13-14,16,26,29H,1,11-12,15H2. The van der Waals surface area contributed by atoms with Gasteiger partial charge in [0.25, 0.3) is 0 Å². The van der Waals surface area contributed by atoms with Crippen LogP contribution in [-0.2, 0) is 6.54 Å². The van der Waals surface area contributed by atoms with Gasteiger partial charge in [0.1, 0.15) is 0 Å². The van der Waals surface area contributed by atoms with Gasteiger partial charge in [-0.2, -0.15) is 5.10 Å². The molecule has 0 amide bonds. The van der Waals surface area contributed by atoms with Crippen LogP contribution in [-0.4, -0.2) is 28.0 Å². The Balaban J connectivity index is 1.68. The highest BCUT2D eigenvalue weighted by Crippen LogP contribution is 2.30. The fourth-order valence-corrected chi connectivity index (χ4v) is 3.64. The van der Waals surface area contributed by atoms with E-state index in [0.717, 1.165) is 43.9 Å². The molecule has 1 heterocycles. The number of halogens is 1. The fourth-order valence-electron chi connectivity index (χ4n) is 3.43. The predicted octanol–water partition coefficient (Wildman–Crippen LogP) is 4.96. The number of aliphatic hydroxyl groups is 1. The molecule has 1 aromatic heterocycles. The Bertz CT molecular complexity index is 1170. The molecular weight excluding hydrogens is 382 g/mol. The van der Waals surface area contributed by atoms with Crippen LogP contribution in [0, 0.1) is 0 Å². The van der Waals surface area contributed by atoms with Crippen LogP contribution < -0.4 is 5.32 Å². The monoisotopic (exact) mass is 403 g/mol. The summed E-state index contributed by atoms with van der Waals surface area (Å²) in [4.78, 5) is 0. The number of rotatable bonds is 7. The summed E-state index contributed by atoms with van der Waals surface area (Å²) in [6.45, 7) is 5.29. The van der Waals surface area contributed by atoms with E-state index in [4.69, 9.17) is 21.8 Å². The molecule has 0 atom stereocenters. The molecule has 0 spiro atoms. The highest BCUT2D eigenvalue weighted by molar-refractivity contribution is 6.30. The van der Waals surface area contributed by atoms with E-state index < -0.39 is 0 Å². The van der Waals surface area contributed by atoms with E-state index in [1.807, 2.05) is 53.2 Å². The van der Waals surface area contributed by atoms with Gasteiger partial charge in [0.2, 0.25) is 0 Å². The summed E-state index contributed by atoms with van der Waals surface area (Å²) in [5, 5.41) is 18.7. The second-order valence-electron chi connectivity index (χ2n) is 6.90. The largest absolute Gasteiger partial charge is 0.395 e. The molecule has 4 rings (SSSR count). The molecule has 0 bridgehead atoms. The maximum absolute atomic E-state index is 9.02. The first-order chi connectivity index (χ1) is 14.1. The van der Waals surface area contributed by atoms with Crippen LogP contribution in [0.15, 0.2) is 79.5 Å². The second-order valence-corrected chi connectivity index (χ2v) is 7.34. The van der Waals surface area contributed by atoms with Crippen molar-refractivity contribution in [3.8, 4) is 11.1 Å². The molecule has 2 N–H and O–H groups in total. The molecule has 0 aliphatic carbocycles. The van der Waals surface area contributed by atoms with E-state index >= 15 is 0 Å². The molecule has 0 saturated carbocycles. The van der Waals surface area contributed by atoms with Gasteiger partial charge in [-0.25, -0.2) is 0 Å². The van der Waals surface area contributed by atoms with Crippen LogP contribution in [0.3, 0.4) is 0 Å². The molecule has 5 heteroatoms. The van der Waals surface area contributed by atoms with Crippen molar-refractivity contribution in [2.45, 2.75) is 6.54 Å². The van der Waals surface area contributed by atoms with Crippen LogP contribution in [0.25, 0.3) is 27.7 Å². The smallest absolute Gasteiger partial charge is 0.0929 e. The molecular formula is C24H22ClN3O. The third kappa shape index (κ3) is 4.34. The lowest BCUT2D eigenvalue weighted by Gasteiger charge is -2.10. The summed E-state index contributed by atoms with van der Waals surface area (Å²) in [6, 6.07) is 22.2. The van der Waals surface area contributed by atoms with Crippen molar-refractivity contribution in [1.82, 2.24) is 15.1 Å². The van der Waals surface area contributed by atoms with Gasteiger partial charge in [0, 0.05) is 28.8 Å². The molecule has 3 aromatic carbocycles. The number of nitrogens with one attached hydrogen (secondary N) is 1. The molecule has 0 fully saturated rings. The molecule has 0 aliphatic heterocycles. The van der Waals surface area contributed by atoms with Gasteiger partial charge >= 0.3 is 0 Å². The Morgan fingerprint density at radius 1 is 1.07 bits per heavy atom. The van der Waals surface area contributed by atoms with Gasteiger partial charge in [-0.15, -0.1) is 0 Å². The zero-order valence-electron chi connectivity index (χ0n) is 16.0. The Kier molecular flexibility index (Phi) is 5.65. The zero-order chi connectivity index (χ0) is 20.2. The first-order valence-electron chi connectivity index (χ1n) is 9.49. The molecule has 0 saturated heterocycles. The van der Waals surface area contributed by atoms with Crippen molar-refractivity contribution in [3.63, 3.8) is 0 Å². The second kappa shape index (κ2) is 8.52. The molecule has 0 aliphatic rings. The van der Waals surface area contributed by atoms with Crippen molar-refractivity contribution >= 4 is 28.2 Å². The van der Waals surface area contributed by atoms with Crippen LogP contribution in [0.5, 0.6) is 0 Å². The number of fused-ring (bicyclic) bond motifs is 1. The third-order valence-corrected chi connectivity index (χ3v) is 5.04. The zero-order valence-corrected chi connectivity index (χ0v) is 16.7. The van der Waals surface area contributed by atoms with E-state index in [9.17, 15) is 0 Å². The Morgan fingerprint density at radius 2 is 1.90 bits per heavy atom. The quantitative estimate of drug-likeness (QED) is 0.458. The van der Waals surface area contributed by atoms with E-state index in [1.165, 1.54) is 0 Å². The third-order valence-electron chi connectivity index (χ3n) is 4.80. The first-order valence-corrected chi connectivity index (χ1v) is 9.87. The Labute approximate surface area is 175 Å². The van der Waals surface area contributed by atoms with Crippen LogP contribution in [0.1, 0.15) is 11.1 Å². The number of hydrogen-bond donors (Lipinski definition) is 2. The molecule has 0 unspecified atom stereocenters. The molecule has 29 heavy (non-hydrogen) atoms. The average molecular weight is 404 g/mol. The van der Waals surface area contributed by atoms with E-state index in [2.05, 4.69) is 36.3 Å². The lowest BCUT2D eigenvalue weighted by molar-refractivity contribution is 0.299. The highest BCUT2D eigenvalue weighted by Gasteiger charge is 2.09. The maximum Gasteiger partial charge on any atom is 0.0929 e. The van der Waals surface area contributed by atoms with Gasteiger partial charge in [0.15, 0.2) is 0 Å². The van der Waals surface area contributed by atoms with Crippen LogP contribution in [0.2, 0.25) is 5.02 Å². The van der Waals surface area contributed by atoms with Gasteiger partial charge in [-0.3, -0.25) is 4.68 Å². The van der Waals surface area contributed by atoms with E-state index in [1.54, 1.807) is 0 Å². The average Bonchev–Trinajstić information content (AvgIpc) is 3.14. The van der Waals surface area contributed by atoms with Gasteiger partial charge in [-0.05, 0) is 46.5 Å². The molecule has 4 aromatic rings. The fraction of sp³-hybridized carbons (Fsp3) is 0.125. The summed E-state index contributed by atoms with van der Waals surface area (Å²) in [5.74, 6) is 0. The number of nitrogens with zero attached hydrogens (tertiary/aromatic N) is 2. The highest BCUT2D eigenvalue weighted by atomic mass is 35.5. The van der Waals surface area contributed by atoms with E-state index in [0.29, 0.717) is 13.1 Å². The van der Waals surface area contributed by atoms with Crippen molar-refractivity contribution in [3.05, 3.63) is 95.7 Å². The van der Waals surface area contributed by atoms with Crippen molar-refractivity contribution in [1.29, 1.82) is 0 Å². The summed E-state index contributed by atoms with van der Waals surface area (Å²) in [6.07, 6.45) is 2.08. The van der Waals surface area contributed by atoms with Crippen LogP contribution in [0.4, 0.5) is 0 Å². The van der Waals surface area contributed by atoms with Crippen molar-refractivity contribution in [2.75, 3.05) is 13.2 Å². The number of aliphatic hydroxyl groups excluding tert-OH is 1. The lowest BCUT2D eigenvalue weighted by Crippen LogP contribution is -2.15. The predicted molar refractivity (Wildman–Crippen MR) is 120 cm³/mol. The van der Waals surface area contributed by atoms with Gasteiger partial charge in [0.05, 0.1) is 18.7 Å². The molecule has 4 nitrogen and oxygen atoms in total. The van der Waals surface area contributed by atoms with Crippen LogP contribution >= 0.6 is 11.6 Å². The van der Waals surface area contributed by atoms with Gasteiger partial charge < -0.3 is 10.4 Å². The first kappa shape index (κ1) is 19.2. The number of benzene rings is 3. The Hall–Kier alpha value is -3.08. The minimum atomic E-state index is 0.0732. The summed E-state index contributed by atoms with van der Waals surface area (Å²) >= 11 is 6.11. The molecule has 146 valence electrons. The number of hydrogen-bond acceptors (Lipinski definition) is 3. The minimum Gasteiger partial charge on any atom is -0.395 e. The SMILES string of the molecule is C=C(NCCO)c1cccc(-c2cccc3nn(Cc4cccc(Cl)c4)cc23)c1. The van der Waals surface area contributed by atoms with Crippen molar-refractivity contribution in [2.24, 2.45) is 0 Å². The topological polar surface area (TPSA) is 50.1 Å². The van der Waals surface area contributed by atoms with Gasteiger partial charge in [-0.1, -0.05) is 60.6 Å². The summed E-state index contributed by atoms with van der Waals surface area (Å²) in [5.41, 5.74) is 6.08. The maximum atomic E-state index is 9.02. The number of aromatic nitrogens is 2. The summed E-state index contributed by atoms with van der Waals surface area (Å²) in [7, 11) is 0. The normalized spacial score (nSPS) is 11.0. The Morgan fingerprint density at radius 3 is 2.72 bits per heavy atom. The minimum absolute atomic E-state index is 0.0732. The van der Waals surface area contributed by atoms with Crippen molar-refractivity contribution < 1.29 is 5.11 Å². The lowest BCUT2D eigenvalue weighted by atomic mass is 9.99. The molecule has 0 radical (unpaired) electrons. The summed E-state index contributed by atoms with van der Waals surface area (Å²) < 4.78 is 1.95.